The predicted molar refractivity (Wildman–Crippen MR) is 107 cm³/mol. The molecule has 0 radical (unpaired) electrons. The Balaban J connectivity index is 0.000000438. The van der Waals surface area contributed by atoms with Gasteiger partial charge in [-0.05, 0) is 38.5 Å². The Hall–Kier alpha value is -3.46. The first-order valence-corrected chi connectivity index (χ1v) is 8.97. The summed E-state index contributed by atoms with van der Waals surface area (Å²) in [5.41, 5.74) is 6.00. The van der Waals surface area contributed by atoms with Crippen molar-refractivity contribution in [3.8, 4) is 5.69 Å². The Morgan fingerprint density at radius 1 is 1.14 bits per heavy atom. The largest absolute Gasteiger partial charge is 0.473 e. The van der Waals surface area contributed by atoms with E-state index in [0.29, 0.717) is 0 Å². The SMILES string of the molecule is Cc1nn(C)c(C)c1CNC(C)c1ccc(-n2ccnc2)cc1.O=C(O)C(=O)O. The lowest BCUT2D eigenvalue weighted by molar-refractivity contribution is -0.159. The number of rotatable bonds is 5. The number of nitrogens with zero attached hydrogens (tertiary/aromatic N) is 4. The van der Waals surface area contributed by atoms with Gasteiger partial charge in [-0.15, -0.1) is 0 Å². The van der Waals surface area contributed by atoms with Gasteiger partial charge in [-0.2, -0.15) is 5.10 Å². The summed E-state index contributed by atoms with van der Waals surface area (Å²) in [5.74, 6) is -3.65. The van der Waals surface area contributed by atoms with Crippen LogP contribution in [-0.2, 0) is 23.2 Å². The van der Waals surface area contributed by atoms with E-state index in [4.69, 9.17) is 19.8 Å². The van der Waals surface area contributed by atoms with Gasteiger partial charge in [0.25, 0.3) is 0 Å². The van der Waals surface area contributed by atoms with Crippen LogP contribution in [0.15, 0.2) is 43.0 Å². The van der Waals surface area contributed by atoms with Crippen molar-refractivity contribution in [1.29, 1.82) is 0 Å². The average Bonchev–Trinajstić information content (AvgIpc) is 3.30. The van der Waals surface area contributed by atoms with Gasteiger partial charge >= 0.3 is 11.9 Å². The highest BCUT2D eigenvalue weighted by atomic mass is 16.4. The van der Waals surface area contributed by atoms with E-state index < -0.39 is 11.9 Å². The predicted octanol–water partition coefficient (Wildman–Crippen LogP) is 2.23. The van der Waals surface area contributed by atoms with Crippen molar-refractivity contribution in [2.24, 2.45) is 7.05 Å². The minimum Gasteiger partial charge on any atom is -0.473 e. The van der Waals surface area contributed by atoms with E-state index >= 15 is 0 Å². The number of aromatic nitrogens is 4. The maximum Gasteiger partial charge on any atom is 0.414 e. The second kappa shape index (κ2) is 9.65. The molecule has 1 unspecified atom stereocenters. The third-order valence-electron chi connectivity index (χ3n) is 4.62. The topological polar surface area (TPSA) is 122 Å². The van der Waals surface area contributed by atoms with E-state index in [2.05, 4.69) is 60.4 Å². The Kier molecular flexibility index (Phi) is 7.27. The molecule has 0 fully saturated rings. The summed E-state index contributed by atoms with van der Waals surface area (Å²) in [6.07, 6.45) is 5.55. The number of hydrogen-bond acceptors (Lipinski definition) is 5. The summed E-state index contributed by atoms with van der Waals surface area (Å²) in [5, 5.41) is 22.8. The number of aryl methyl sites for hydroxylation is 2. The highest BCUT2D eigenvalue weighted by molar-refractivity contribution is 6.27. The van der Waals surface area contributed by atoms with E-state index in [1.54, 1.807) is 6.20 Å². The van der Waals surface area contributed by atoms with Crippen LogP contribution in [0.5, 0.6) is 0 Å². The molecule has 154 valence electrons. The van der Waals surface area contributed by atoms with Crippen molar-refractivity contribution in [2.75, 3.05) is 0 Å². The molecule has 2 heterocycles. The van der Waals surface area contributed by atoms with Crippen LogP contribution in [0, 0.1) is 13.8 Å². The molecule has 29 heavy (non-hydrogen) atoms. The number of nitrogens with one attached hydrogen (secondary N) is 1. The number of hydrogen-bond donors (Lipinski definition) is 3. The van der Waals surface area contributed by atoms with Crippen LogP contribution in [-0.4, -0.2) is 41.5 Å². The highest BCUT2D eigenvalue weighted by Crippen LogP contribution is 2.18. The lowest BCUT2D eigenvalue weighted by atomic mass is 10.1. The zero-order valence-electron chi connectivity index (χ0n) is 16.8. The van der Waals surface area contributed by atoms with Crippen molar-refractivity contribution in [3.63, 3.8) is 0 Å². The second-order valence-corrected chi connectivity index (χ2v) is 6.55. The van der Waals surface area contributed by atoms with Crippen LogP contribution in [0.4, 0.5) is 0 Å². The van der Waals surface area contributed by atoms with Crippen molar-refractivity contribution in [3.05, 3.63) is 65.5 Å². The van der Waals surface area contributed by atoms with Gasteiger partial charge in [0.2, 0.25) is 0 Å². The standard InChI is InChI=1S/C18H23N5.C2H2O4/c1-13(20-11-18-14(2)21-22(4)15(18)3)16-5-7-17(8-6-16)23-10-9-19-12-23;3-1(4)2(5)6/h5-10,12-13,20H,11H2,1-4H3;(H,3,4)(H,5,6). The van der Waals surface area contributed by atoms with Gasteiger partial charge in [0.1, 0.15) is 0 Å². The third-order valence-corrected chi connectivity index (χ3v) is 4.62. The molecule has 3 N–H and O–H groups in total. The van der Waals surface area contributed by atoms with Crippen LogP contribution < -0.4 is 5.32 Å². The second-order valence-electron chi connectivity index (χ2n) is 6.55. The molecule has 2 aromatic heterocycles. The molecule has 0 saturated carbocycles. The fourth-order valence-electron chi connectivity index (χ4n) is 2.79. The summed E-state index contributed by atoms with van der Waals surface area (Å²) in [7, 11) is 1.99. The Labute approximate surface area is 168 Å². The average molecular weight is 399 g/mol. The molecule has 3 aromatic rings. The number of benzene rings is 1. The number of carbonyl (C=O) groups is 2. The first kappa shape index (κ1) is 21.8. The van der Waals surface area contributed by atoms with Crippen molar-refractivity contribution < 1.29 is 19.8 Å². The summed E-state index contributed by atoms with van der Waals surface area (Å²) >= 11 is 0. The van der Waals surface area contributed by atoms with E-state index in [0.717, 1.165) is 17.9 Å². The van der Waals surface area contributed by atoms with E-state index in [-0.39, 0.29) is 6.04 Å². The van der Waals surface area contributed by atoms with Gasteiger partial charge in [-0.1, -0.05) is 12.1 Å². The van der Waals surface area contributed by atoms with E-state index in [1.165, 1.54) is 16.8 Å². The maximum atomic E-state index is 9.10. The molecule has 0 bridgehead atoms. The van der Waals surface area contributed by atoms with Crippen LogP contribution in [0.3, 0.4) is 0 Å². The zero-order chi connectivity index (χ0) is 21.6. The monoisotopic (exact) mass is 399 g/mol. The minimum atomic E-state index is -1.82. The molecule has 0 amide bonds. The number of carboxylic acid groups (broad SMARTS) is 2. The van der Waals surface area contributed by atoms with Gasteiger partial charge < -0.3 is 20.1 Å². The van der Waals surface area contributed by atoms with Gasteiger partial charge in [-0.3, -0.25) is 4.68 Å². The Morgan fingerprint density at radius 2 is 1.76 bits per heavy atom. The van der Waals surface area contributed by atoms with Gasteiger partial charge in [0, 0.05) is 49.0 Å². The summed E-state index contributed by atoms with van der Waals surface area (Å²) in [4.78, 5) is 22.3. The van der Waals surface area contributed by atoms with Gasteiger partial charge in [0.05, 0.1) is 12.0 Å². The van der Waals surface area contributed by atoms with Crippen LogP contribution in [0.25, 0.3) is 5.69 Å². The Bertz CT molecular complexity index is 950. The first-order valence-electron chi connectivity index (χ1n) is 8.97. The van der Waals surface area contributed by atoms with Crippen LogP contribution >= 0.6 is 0 Å². The highest BCUT2D eigenvalue weighted by Gasteiger charge is 2.11. The first-order chi connectivity index (χ1) is 13.7. The molecule has 1 aromatic carbocycles. The lowest BCUT2D eigenvalue weighted by Gasteiger charge is -2.15. The molecule has 1 atom stereocenters. The number of imidazole rings is 1. The van der Waals surface area contributed by atoms with Gasteiger partial charge in [-0.25, -0.2) is 14.6 Å². The number of aliphatic carboxylic acids is 2. The summed E-state index contributed by atoms with van der Waals surface area (Å²) in [6, 6.07) is 8.85. The van der Waals surface area contributed by atoms with E-state index in [9.17, 15) is 0 Å². The number of carboxylic acids is 2. The quantitative estimate of drug-likeness (QED) is 0.562. The van der Waals surface area contributed by atoms with Crippen LogP contribution in [0.2, 0.25) is 0 Å². The smallest absolute Gasteiger partial charge is 0.414 e. The molecule has 0 aliphatic rings. The lowest BCUT2D eigenvalue weighted by Crippen LogP contribution is -2.19. The van der Waals surface area contributed by atoms with Crippen LogP contribution in [0.1, 0.15) is 35.5 Å². The fraction of sp³-hybridized carbons (Fsp3) is 0.300. The maximum absolute atomic E-state index is 9.10. The Morgan fingerprint density at radius 3 is 2.21 bits per heavy atom. The molecule has 3 rings (SSSR count). The van der Waals surface area contributed by atoms with Crippen molar-refractivity contribution in [2.45, 2.75) is 33.4 Å². The van der Waals surface area contributed by atoms with Gasteiger partial charge in [0.15, 0.2) is 0 Å². The molecular weight excluding hydrogens is 374 g/mol. The fourth-order valence-corrected chi connectivity index (χ4v) is 2.79. The molecule has 0 aliphatic heterocycles. The molecule has 0 spiro atoms. The molecule has 0 saturated heterocycles. The molecule has 9 heteroatoms. The normalized spacial score (nSPS) is 11.4. The molecular formula is C20H25N5O4. The summed E-state index contributed by atoms with van der Waals surface area (Å²) < 4.78 is 3.95. The zero-order valence-corrected chi connectivity index (χ0v) is 16.8. The van der Waals surface area contributed by atoms with Crippen molar-refractivity contribution in [1.82, 2.24) is 24.6 Å². The minimum absolute atomic E-state index is 0.283. The summed E-state index contributed by atoms with van der Waals surface area (Å²) in [6.45, 7) is 7.19. The molecule has 0 aliphatic carbocycles. The van der Waals surface area contributed by atoms with Crippen molar-refractivity contribution >= 4 is 11.9 Å². The van der Waals surface area contributed by atoms with E-state index in [1.807, 2.05) is 28.8 Å². The molecule has 9 nitrogen and oxygen atoms in total. The third kappa shape index (κ3) is 5.76.